The van der Waals surface area contributed by atoms with Crippen molar-refractivity contribution in [2.75, 3.05) is 13.7 Å². The minimum absolute atomic E-state index is 0.0437. The summed E-state index contributed by atoms with van der Waals surface area (Å²) in [7, 11) is -3.18. The van der Waals surface area contributed by atoms with E-state index in [-0.39, 0.29) is 18.6 Å². The minimum Gasteiger partial charge on any atom is -0.466 e. The van der Waals surface area contributed by atoms with E-state index in [0.717, 1.165) is 18.6 Å². The highest BCUT2D eigenvalue weighted by Crippen LogP contribution is 2.11. The molecule has 1 rings (SSSR count). The molecule has 0 N–H and O–H groups in total. The highest BCUT2D eigenvalue weighted by Gasteiger charge is 2.13. The third kappa shape index (κ3) is 7.48. The monoisotopic (exact) mass is 332 g/mol. The fourth-order valence-corrected chi connectivity index (χ4v) is 2.11. The molecule has 0 atom stereocenters. The van der Waals surface area contributed by atoms with Crippen LogP contribution in [0.4, 0.5) is 0 Å². The van der Waals surface area contributed by atoms with E-state index in [4.69, 9.17) is 4.42 Å². The Hall–Kier alpha value is -1.51. The van der Waals surface area contributed by atoms with Crippen molar-refractivity contribution in [3.8, 4) is 0 Å². The van der Waals surface area contributed by atoms with Gasteiger partial charge in [-0.3, -0.25) is 13.8 Å². The average molecular weight is 332 g/mol. The Labute approximate surface area is 129 Å². The van der Waals surface area contributed by atoms with Gasteiger partial charge in [-0.05, 0) is 25.5 Å². The largest absolute Gasteiger partial charge is 0.466 e. The van der Waals surface area contributed by atoms with Crippen LogP contribution in [0.15, 0.2) is 16.5 Å². The predicted octanol–water partition coefficient (Wildman–Crippen LogP) is 1.74. The Morgan fingerprint density at radius 2 is 1.82 bits per heavy atom. The van der Waals surface area contributed by atoms with Crippen molar-refractivity contribution in [2.45, 2.75) is 39.0 Å². The molecule has 7 nitrogen and oxygen atoms in total. The van der Waals surface area contributed by atoms with E-state index in [1.165, 1.54) is 0 Å². The molecule has 1 aromatic rings. The highest BCUT2D eigenvalue weighted by atomic mass is 32.3. The van der Waals surface area contributed by atoms with Gasteiger partial charge in [0.2, 0.25) is 0 Å². The summed E-state index contributed by atoms with van der Waals surface area (Å²) in [4.78, 5) is 23.0. The van der Waals surface area contributed by atoms with E-state index in [0.29, 0.717) is 19.3 Å². The van der Waals surface area contributed by atoms with Gasteiger partial charge in [0, 0.05) is 25.7 Å². The van der Waals surface area contributed by atoms with Gasteiger partial charge in [-0.1, -0.05) is 0 Å². The number of hydrogen-bond acceptors (Lipinski definition) is 7. The maximum absolute atomic E-state index is 11.6. The lowest BCUT2D eigenvalue weighted by Gasteiger charge is -2.02. The highest BCUT2D eigenvalue weighted by molar-refractivity contribution is 7.81. The summed E-state index contributed by atoms with van der Waals surface area (Å²) in [6.45, 7) is 1.24. The minimum atomic E-state index is -4.11. The molecule has 0 aliphatic rings. The van der Waals surface area contributed by atoms with Crippen LogP contribution in [0.25, 0.3) is 0 Å². The van der Waals surface area contributed by atoms with Gasteiger partial charge >= 0.3 is 10.4 Å². The van der Waals surface area contributed by atoms with E-state index in [1.54, 1.807) is 0 Å². The Balaban J connectivity index is 2.16. The van der Waals surface area contributed by atoms with Gasteiger partial charge in [-0.25, -0.2) is 4.18 Å². The van der Waals surface area contributed by atoms with Crippen LogP contribution in [0.1, 0.15) is 37.2 Å². The van der Waals surface area contributed by atoms with Crippen LogP contribution >= 0.6 is 0 Å². The first-order valence-electron chi connectivity index (χ1n) is 6.86. The molecule has 0 radical (unpaired) electrons. The molecule has 8 heteroatoms. The molecule has 0 saturated heterocycles. The molecule has 0 unspecified atom stereocenters. The number of carbonyl (C=O) groups excluding carboxylic acids is 2. The molecule has 124 valence electrons. The van der Waals surface area contributed by atoms with Crippen LogP contribution in [0.2, 0.25) is 0 Å². The van der Waals surface area contributed by atoms with Crippen molar-refractivity contribution in [3.05, 3.63) is 23.7 Å². The van der Waals surface area contributed by atoms with Gasteiger partial charge in [0.05, 0.1) is 7.11 Å². The summed E-state index contributed by atoms with van der Waals surface area (Å²) >= 11 is 0. The molecule has 1 heterocycles. The van der Waals surface area contributed by atoms with Crippen molar-refractivity contribution in [1.82, 2.24) is 0 Å². The van der Waals surface area contributed by atoms with Crippen molar-refractivity contribution in [3.63, 3.8) is 0 Å². The smallest absolute Gasteiger partial charge is 0.400 e. The van der Waals surface area contributed by atoms with Gasteiger partial charge in [0.15, 0.2) is 5.78 Å². The Morgan fingerprint density at radius 1 is 1.14 bits per heavy atom. The lowest BCUT2D eigenvalue weighted by atomic mass is 10.1. The Kier molecular flexibility index (Phi) is 7.43. The first-order valence-corrected chi connectivity index (χ1v) is 8.19. The van der Waals surface area contributed by atoms with E-state index in [1.807, 2.05) is 19.1 Å². The third-order valence-electron chi connectivity index (χ3n) is 2.93. The van der Waals surface area contributed by atoms with Crippen molar-refractivity contribution in [1.29, 1.82) is 0 Å². The van der Waals surface area contributed by atoms with Crippen molar-refractivity contribution >= 4 is 22.0 Å². The molecular formula is C14H20O7S. The molecule has 22 heavy (non-hydrogen) atoms. The lowest BCUT2D eigenvalue weighted by molar-refractivity contribution is -0.125. The molecular weight excluding hydrogens is 312 g/mol. The zero-order valence-corrected chi connectivity index (χ0v) is 13.5. The Morgan fingerprint density at radius 3 is 2.41 bits per heavy atom. The second kappa shape index (κ2) is 8.82. The molecule has 0 spiro atoms. The van der Waals surface area contributed by atoms with E-state index in [2.05, 4.69) is 8.37 Å². The van der Waals surface area contributed by atoms with Crippen LogP contribution < -0.4 is 0 Å². The fraction of sp³-hybridized carbons (Fsp3) is 0.571. The molecule has 0 saturated carbocycles. The summed E-state index contributed by atoms with van der Waals surface area (Å²) < 4.78 is 35.4. The molecule has 0 fully saturated rings. The number of aryl methyl sites for hydroxylation is 2. The van der Waals surface area contributed by atoms with Gasteiger partial charge < -0.3 is 4.42 Å². The van der Waals surface area contributed by atoms with E-state index >= 15 is 0 Å². The fourth-order valence-electron chi connectivity index (χ4n) is 1.74. The van der Waals surface area contributed by atoms with Crippen LogP contribution in [0.3, 0.4) is 0 Å². The summed E-state index contributed by atoms with van der Waals surface area (Å²) in [5, 5.41) is 0. The lowest BCUT2D eigenvalue weighted by Crippen LogP contribution is -2.16. The van der Waals surface area contributed by atoms with Gasteiger partial charge in [0.1, 0.15) is 23.9 Å². The van der Waals surface area contributed by atoms with Crippen LogP contribution in [0, 0.1) is 6.92 Å². The number of hydrogen-bond donors (Lipinski definition) is 0. The zero-order valence-electron chi connectivity index (χ0n) is 12.7. The Bertz CT molecular complexity index is 600. The predicted molar refractivity (Wildman–Crippen MR) is 77.5 cm³/mol. The number of rotatable bonds is 11. The van der Waals surface area contributed by atoms with Gasteiger partial charge in [0.25, 0.3) is 0 Å². The molecule has 0 amide bonds. The van der Waals surface area contributed by atoms with Gasteiger partial charge in [-0.2, -0.15) is 8.42 Å². The van der Waals surface area contributed by atoms with E-state index < -0.39 is 22.8 Å². The van der Waals surface area contributed by atoms with Crippen molar-refractivity contribution in [2.24, 2.45) is 0 Å². The molecule has 1 aromatic heterocycles. The summed E-state index contributed by atoms with van der Waals surface area (Å²) in [5.41, 5.74) is 0. The summed E-state index contributed by atoms with van der Waals surface area (Å²) in [6, 6.07) is 3.74. The van der Waals surface area contributed by atoms with Crippen LogP contribution in [-0.4, -0.2) is 33.7 Å². The van der Waals surface area contributed by atoms with Crippen LogP contribution in [0.5, 0.6) is 0 Å². The summed E-state index contributed by atoms with van der Waals surface area (Å²) in [6.07, 6.45) is 1.70. The standard InChI is InChI=1S/C14H20O7S/c1-11-6-9-14(21-11)5-3-4-12(15)7-8-13(16)10-20-22(17,18)19-2/h6,9H,3-5,7-8,10H2,1-2H3. The topological polar surface area (TPSA) is 99.9 Å². The number of carbonyl (C=O) groups is 2. The summed E-state index contributed by atoms with van der Waals surface area (Å²) in [5.74, 6) is 1.15. The maximum Gasteiger partial charge on any atom is 0.400 e. The first-order chi connectivity index (χ1) is 10.3. The average Bonchev–Trinajstić information content (AvgIpc) is 2.88. The van der Waals surface area contributed by atoms with Gasteiger partial charge in [-0.15, -0.1) is 0 Å². The molecule has 0 aromatic carbocycles. The third-order valence-corrected chi connectivity index (χ3v) is 3.74. The zero-order chi connectivity index (χ0) is 16.6. The quantitative estimate of drug-likeness (QED) is 0.608. The maximum atomic E-state index is 11.6. The van der Waals surface area contributed by atoms with E-state index in [9.17, 15) is 18.0 Å². The second-order valence-electron chi connectivity index (χ2n) is 4.78. The number of furan rings is 1. The SMILES string of the molecule is COS(=O)(=O)OCC(=O)CCC(=O)CCCc1ccc(C)o1. The number of ketones is 2. The normalized spacial score (nSPS) is 11.5. The molecule has 0 bridgehead atoms. The molecule has 0 aliphatic heterocycles. The van der Waals surface area contributed by atoms with Crippen LogP contribution in [-0.2, 0) is 34.8 Å². The van der Waals surface area contributed by atoms with Crippen molar-refractivity contribution < 1.29 is 30.8 Å². The molecule has 0 aliphatic carbocycles. The number of Topliss-reactive ketones (excluding diaryl/α,β-unsaturated/α-hetero) is 2. The second-order valence-corrected chi connectivity index (χ2v) is 6.17. The first kappa shape index (κ1) is 18.5.